The van der Waals surface area contributed by atoms with Crippen LogP contribution in [0.5, 0.6) is 0 Å². The van der Waals surface area contributed by atoms with E-state index >= 15 is 0 Å². The van der Waals surface area contributed by atoms with E-state index < -0.39 is 0 Å². The molecule has 0 saturated heterocycles. The normalized spacial score (nSPS) is 13.0. The highest BCUT2D eigenvalue weighted by Gasteiger charge is 2.18. The zero-order chi connectivity index (χ0) is 19.9. The molecule has 0 bridgehead atoms. The van der Waals surface area contributed by atoms with Gasteiger partial charge < -0.3 is 5.32 Å². The van der Waals surface area contributed by atoms with Crippen molar-refractivity contribution in [2.45, 2.75) is 0 Å². The highest BCUT2D eigenvalue weighted by atomic mass is 15.0. The molecule has 1 N–H and O–H groups in total. The Morgan fingerprint density at radius 1 is 0.733 bits per heavy atom. The monoisotopic (exact) mass is 388 g/mol. The van der Waals surface area contributed by atoms with Crippen LogP contribution in [0.4, 0.5) is 5.82 Å². The van der Waals surface area contributed by atoms with Crippen molar-refractivity contribution >= 4 is 33.3 Å². The van der Waals surface area contributed by atoms with Crippen molar-refractivity contribution in [2.75, 3.05) is 11.9 Å². The fourth-order valence-electron chi connectivity index (χ4n) is 3.83. The molecule has 0 spiro atoms. The van der Waals surface area contributed by atoms with Crippen molar-refractivity contribution in [3.05, 3.63) is 90.5 Å². The standard InChI is InChI=1S/C24H16N6/c1-2-16-12-17(4-5-20(16)25-8-1)23-29-14-19-18(7-9-28-24(19)30-23)15-3-6-21-22(13-15)27-11-10-26-21/h1-8,10-14H,9H2,(H,28,29,30). The van der Waals surface area contributed by atoms with Gasteiger partial charge in [0.15, 0.2) is 5.82 Å². The first-order valence-electron chi connectivity index (χ1n) is 9.73. The van der Waals surface area contributed by atoms with Gasteiger partial charge in [-0.05, 0) is 47.5 Å². The van der Waals surface area contributed by atoms with E-state index in [0.717, 1.165) is 50.0 Å². The molecular formula is C24H16N6. The lowest BCUT2D eigenvalue weighted by atomic mass is 9.96. The summed E-state index contributed by atoms with van der Waals surface area (Å²) >= 11 is 0. The molecule has 0 fully saturated rings. The van der Waals surface area contributed by atoms with E-state index in [9.17, 15) is 0 Å². The van der Waals surface area contributed by atoms with E-state index in [4.69, 9.17) is 4.98 Å². The summed E-state index contributed by atoms with van der Waals surface area (Å²) in [4.78, 5) is 22.6. The van der Waals surface area contributed by atoms with Gasteiger partial charge in [-0.3, -0.25) is 15.0 Å². The third-order valence-electron chi connectivity index (χ3n) is 5.30. The quantitative estimate of drug-likeness (QED) is 0.480. The lowest BCUT2D eigenvalue weighted by molar-refractivity contribution is 1.12. The molecule has 6 heteroatoms. The van der Waals surface area contributed by atoms with Gasteiger partial charge in [-0.2, -0.15) is 0 Å². The topological polar surface area (TPSA) is 76.5 Å². The second kappa shape index (κ2) is 6.70. The van der Waals surface area contributed by atoms with Crippen LogP contribution in [0.25, 0.3) is 38.9 Å². The van der Waals surface area contributed by atoms with Crippen molar-refractivity contribution in [2.24, 2.45) is 0 Å². The van der Waals surface area contributed by atoms with Gasteiger partial charge in [0.05, 0.1) is 16.6 Å². The third kappa shape index (κ3) is 2.78. The minimum Gasteiger partial charge on any atom is -0.366 e. The highest BCUT2D eigenvalue weighted by Crippen LogP contribution is 2.33. The molecule has 0 amide bonds. The molecule has 6 nitrogen and oxygen atoms in total. The molecule has 6 rings (SSSR count). The average molecular weight is 388 g/mol. The van der Waals surface area contributed by atoms with Crippen LogP contribution < -0.4 is 5.32 Å². The number of hydrogen-bond donors (Lipinski definition) is 1. The lowest BCUT2D eigenvalue weighted by Gasteiger charge is -2.19. The summed E-state index contributed by atoms with van der Waals surface area (Å²) < 4.78 is 0. The zero-order valence-corrected chi connectivity index (χ0v) is 15.9. The van der Waals surface area contributed by atoms with Crippen LogP contribution in [0, 0.1) is 0 Å². The number of nitrogens with zero attached hydrogens (tertiary/aromatic N) is 5. The van der Waals surface area contributed by atoms with Gasteiger partial charge >= 0.3 is 0 Å². The number of fused-ring (bicyclic) bond motifs is 3. The number of aromatic nitrogens is 5. The van der Waals surface area contributed by atoms with E-state index in [0.29, 0.717) is 12.4 Å². The van der Waals surface area contributed by atoms with Crippen LogP contribution >= 0.6 is 0 Å². The maximum absolute atomic E-state index is 4.82. The van der Waals surface area contributed by atoms with Crippen LogP contribution in [-0.2, 0) is 0 Å². The Labute approximate surface area is 172 Å². The van der Waals surface area contributed by atoms with E-state index in [1.807, 2.05) is 36.5 Å². The highest BCUT2D eigenvalue weighted by molar-refractivity contribution is 5.91. The molecule has 0 radical (unpaired) electrons. The second-order valence-corrected chi connectivity index (χ2v) is 7.13. The Hall–Kier alpha value is -4.19. The van der Waals surface area contributed by atoms with Crippen molar-refractivity contribution < 1.29 is 0 Å². The second-order valence-electron chi connectivity index (χ2n) is 7.13. The summed E-state index contributed by atoms with van der Waals surface area (Å²) in [5.74, 6) is 1.53. The van der Waals surface area contributed by atoms with Gasteiger partial charge in [-0.25, -0.2) is 9.97 Å². The Kier molecular flexibility index (Phi) is 3.74. The van der Waals surface area contributed by atoms with Crippen LogP contribution in [0.1, 0.15) is 11.1 Å². The number of anilines is 1. The van der Waals surface area contributed by atoms with Crippen LogP contribution in [0.15, 0.2) is 79.4 Å². The fourth-order valence-corrected chi connectivity index (χ4v) is 3.83. The molecule has 0 unspecified atom stereocenters. The molecule has 2 aromatic carbocycles. The first kappa shape index (κ1) is 16.7. The first-order valence-corrected chi connectivity index (χ1v) is 9.73. The van der Waals surface area contributed by atoms with Gasteiger partial charge in [0.2, 0.25) is 0 Å². The number of pyridine rings is 1. The minimum absolute atomic E-state index is 0.692. The lowest BCUT2D eigenvalue weighted by Crippen LogP contribution is -2.12. The van der Waals surface area contributed by atoms with Crippen molar-refractivity contribution in [3.63, 3.8) is 0 Å². The molecule has 142 valence electrons. The van der Waals surface area contributed by atoms with E-state index in [1.165, 1.54) is 0 Å². The Balaban J connectivity index is 1.42. The Morgan fingerprint density at radius 3 is 2.53 bits per heavy atom. The van der Waals surface area contributed by atoms with Gasteiger partial charge in [0, 0.05) is 47.8 Å². The molecule has 30 heavy (non-hydrogen) atoms. The van der Waals surface area contributed by atoms with Gasteiger partial charge in [-0.1, -0.05) is 18.2 Å². The average Bonchev–Trinajstić information content (AvgIpc) is 2.82. The number of hydrogen-bond acceptors (Lipinski definition) is 6. The molecule has 4 heterocycles. The molecule has 0 saturated carbocycles. The van der Waals surface area contributed by atoms with Crippen LogP contribution in [0.2, 0.25) is 0 Å². The maximum Gasteiger partial charge on any atom is 0.161 e. The summed E-state index contributed by atoms with van der Waals surface area (Å²) in [7, 11) is 0. The predicted octanol–water partition coefficient (Wildman–Crippen LogP) is 4.49. The van der Waals surface area contributed by atoms with Crippen molar-refractivity contribution in [3.8, 4) is 11.4 Å². The third-order valence-corrected chi connectivity index (χ3v) is 5.30. The van der Waals surface area contributed by atoms with E-state index in [-0.39, 0.29) is 0 Å². The molecule has 0 atom stereocenters. The molecule has 0 aliphatic carbocycles. The SMILES string of the molecule is C1=C(c2ccc3nccnc3c2)c2cnc(-c3ccc4ncccc4c3)nc2NC1. The smallest absolute Gasteiger partial charge is 0.161 e. The van der Waals surface area contributed by atoms with Crippen LogP contribution in [-0.4, -0.2) is 31.5 Å². The molecule has 3 aromatic heterocycles. The first-order chi connectivity index (χ1) is 14.8. The summed E-state index contributed by atoms with van der Waals surface area (Å²) in [5.41, 5.74) is 6.85. The van der Waals surface area contributed by atoms with Gasteiger partial charge in [-0.15, -0.1) is 0 Å². The zero-order valence-electron chi connectivity index (χ0n) is 15.9. The van der Waals surface area contributed by atoms with Crippen molar-refractivity contribution in [1.82, 2.24) is 24.9 Å². The molecule has 1 aliphatic rings. The molecular weight excluding hydrogens is 372 g/mol. The number of rotatable bonds is 2. The van der Waals surface area contributed by atoms with Crippen molar-refractivity contribution in [1.29, 1.82) is 0 Å². The van der Waals surface area contributed by atoms with E-state index in [1.54, 1.807) is 18.6 Å². The summed E-state index contributed by atoms with van der Waals surface area (Å²) in [6, 6.07) is 16.2. The predicted molar refractivity (Wildman–Crippen MR) is 118 cm³/mol. The Bertz CT molecular complexity index is 1460. The fraction of sp³-hybridized carbons (Fsp3) is 0.0417. The van der Waals surface area contributed by atoms with Crippen LogP contribution in [0.3, 0.4) is 0 Å². The van der Waals surface area contributed by atoms with E-state index in [2.05, 4.69) is 49.5 Å². The van der Waals surface area contributed by atoms with Gasteiger partial charge in [0.25, 0.3) is 0 Å². The molecule has 5 aromatic rings. The number of benzene rings is 2. The molecule has 1 aliphatic heterocycles. The van der Waals surface area contributed by atoms with Gasteiger partial charge in [0.1, 0.15) is 5.82 Å². The number of nitrogens with one attached hydrogen (secondary N) is 1. The summed E-state index contributed by atoms with van der Waals surface area (Å²) in [6.07, 6.45) is 9.27. The minimum atomic E-state index is 0.692. The Morgan fingerprint density at radius 2 is 1.57 bits per heavy atom. The summed E-state index contributed by atoms with van der Waals surface area (Å²) in [5, 5.41) is 4.45. The maximum atomic E-state index is 4.82. The largest absolute Gasteiger partial charge is 0.366 e. The summed E-state index contributed by atoms with van der Waals surface area (Å²) in [6.45, 7) is 0.707.